The maximum absolute atomic E-state index is 11.8. The maximum atomic E-state index is 11.8. The Morgan fingerprint density at radius 3 is 0.717 bits per heavy atom. The molecule has 0 atom stereocenters. The normalized spacial score (nSPS) is 10.7. The van der Waals surface area contributed by atoms with Gasteiger partial charge in [0, 0.05) is 90.8 Å². The number of hydrogen-bond acceptors (Lipinski definition) is 12. The third-order valence-corrected chi connectivity index (χ3v) is 8.50. The van der Waals surface area contributed by atoms with E-state index >= 15 is 0 Å². The first-order valence-electron chi connectivity index (χ1n) is 15.5. The Morgan fingerprint density at radius 2 is 0.528 bits per heavy atom. The van der Waals surface area contributed by atoms with Gasteiger partial charge in [-0.3, -0.25) is 19.9 Å². The summed E-state index contributed by atoms with van der Waals surface area (Å²) in [5.74, 6) is -5.68. The summed E-state index contributed by atoms with van der Waals surface area (Å²) >= 11 is 0. The van der Waals surface area contributed by atoms with Crippen molar-refractivity contribution in [3.8, 4) is 22.3 Å². The van der Waals surface area contributed by atoms with E-state index in [1.807, 2.05) is 0 Å². The molecule has 0 bridgehead atoms. The second kappa shape index (κ2) is 14.7. The van der Waals surface area contributed by atoms with Gasteiger partial charge in [-0.15, -0.1) is 0 Å². The van der Waals surface area contributed by atoms with Gasteiger partial charge in [0.15, 0.2) is 0 Å². The van der Waals surface area contributed by atoms with Crippen LogP contribution in [-0.2, 0) is 19.5 Å². The zero-order chi connectivity index (χ0) is 36.5. The van der Waals surface area contributed by atoms with Crippen LogP contribution in [0.5, 0.6) is 0 Å². The van der Waals surface area contributed by atoms with E-state index in [0.717, 1.165) is 0 Å². The summed E-state index contributed by atoms with van der Waals surface area (Å²) in [7, 11) is 0. The molecule has 0 aliphatic rings. The molecule has 0 saturated carbocycles. The molecule has 0 unspecified atom stereocenters. The van der Waals surface area contributed by atoms with E-state index in [1.165, 1.54) is 24.8 Å². The molecule has 0 saturated heterocycles. The number of aromatic nitrogens is 4. The molecule has 13 heteroatoms. The number of fused-ring (bicyclic) bond motifs is 4. The Kier molecular flexibility index (Phi) is 9.94. The number of carboxylic acid groups (broad SMARTS) is 4. The van der Waals surface area contributed by atoms with Gasteiger partial charge in [0.05, 0.1) is 45.9 Å². The number of benzene rings is 4. The number of aromatic carboxylic acids is 4. The number of nitrogens with zero attached hydrogens (tertiary/aromatic N) is 4. The van der Waals surface area contributed by atoms with Crippen LogP contribution in [0.4, 0.5) is 0 Å². The number of carbonyl (C=O) groups is 4. The summed E-state index contributed by atoms with van der Waals surface area (Å²) in [5, 5.41) is 48.8. The molecule has 4 aromatic heterocycles. The van der Waals surface area contributed by atoms with Crippen molar-refractivity contribution in [2.75, 3.05) is 0 Å². The van der Waals surface area contributed by atoms with Crippen molar-refractivity contribution in [2.45, 2.75) is 0 Å². The first-order valence-corrected chi connectivity index (χ1v) is 15.5. The summed E-state index contributed by atoms with van der Waals surface area (Å²) in [6.07, 6.45) is 5.30. The van der Waals surface area contributed by atoms with Crippen LogP contribution in [0.1, 0.15) is 41.4 Å². The van der Waals surface area contributed by atoms with Gasteiger partial charge in [0.1, 0.15) is 0 Å². The van der Waals surface area contributed by atoms with Crippen LogP contribution in [0.15, 0.2) is 122 Å². The van der Waals surface area contributed by atoms with Crippen LogP contribution in [0.25, 0.3) is 65.9 Å². The fourth-order valence-corrected chi connectivity index (χ4v) is 6.26. The summed E-state index contributed by atoms with van der Waals surface area (Å²) in [6.45, 7) is 0. The van der Waals surface area contributed by atoms with Crippen molar-refractivity contribution in [2.24, 2.45) is 0 Å². The second-order valence-electron chi connectivity index (χ2n) is 11.4. The number of rotatable bonds is 6. The van der Waals surface area contributed by atoms with E-state index in [4.69, 9.17) is 0 Å². The van der Waals surface area contributed by atoms with E-state index in [0.29, 0.717) is 43.6 Å². The number of hydrogen-bond donors (Lipinski definition) is 0. The van der Waals surface area contributed by atoms with E-state index in [-0.39, 0.29) is 64.0 Å². The van der Waals surface area contributed by atoms with Gasteiger partial charge in [-0.2, -0.15) is 0 Å². The van der Waals surface area contributed by atoms with Crippen LogP contribution < -0.4 is 20.4 Å². The zero-order valence-electron chi connectivity index (χ0n) is 27.0. The molecule has 0 fully saturated rings. The maximum Gasteiger partial charge on any atom is 4.00 e. The van der Waals surface area contributed by atoms with Crippen molar-refractivity contribution < 1.29 is 59.1 Å². The van der Waals surface area contributed by atoms with Crippen LogP contribution >= 0.6 is 0 Å². The first-order chi connectivity index (χ1) is 25.2. The summed E-state index contributed by atoms with van der Waals surface area (Å²) in [4.78, 5) is 64.3. The van der Waals surface area contributed by atoms with E-state index in [2.05, 4.69) is 19.9 Å². The number of pyridine rings is 4. The largest absolute Gasteiger partial charge is 4.00 e. The van der Waals surface area contributed by atoms with Crippen LogP contribution in [0.3, 0.4) is 0 Å². The van der Waals surface area contributed by atoms with Crippen molar-refractivity contribution in [1.82, 2.24) is 19.9 Å². The first kappa shape index (κ1) is 35.8. The van der Waals surface area contributed by atoms with Gasteiger partial charge in [0.2, 0.25) is 0 Å². The fourth-order valence-electron chi connectivity index (χ4n) is 6.26. The molecule has 0 aliphatic carbocycles. The van der Waals surface area contributed by atoms with Gasteiger partial charge >= 0.3 is 19.5 Å². The molecule has 0 radical (unpaired) electrons. The molecule has 0 aliphatic heterocycles. The molecule has 0 spiro atoms. The zero-order valence-corrected chi connectivity index (χ0v) is 28.7. The summed E-state index contributed by atoms with van der Waals surface area (Å²) < 4.78 is 0. The predicted molar refractivity (Wildman–Crippen MR) is 182 cm³/mol. The topological polar surface area (TPSA) is 212 Å². The smallest absolute Gasteiger partial charge is 0.545 e. The molecule has 12 nitrogen and oxygen atoms in total. The number of carbonyl (C=O) groups excluding carboxylic acids is 4. The van der Waals surface area contributed by atoms with Crippen LogP contribution in [-0.4, -0.2) is 43.8 Å². The van der Waals surface area contributed by atoms with E-state index < -0.39 is 23.9 Å². The Balaban J connectivity index is 0.000000178. The van der Waals surface area contributed by atoms with Gasteiger partial charge in [-0.1, -0.05) is 72.8 Å². The summed E-state index contributed by atoms with van der Waals surface area (Å²) in [5.41, 5.74) is 1.87. The van der Waals surface area contributed by atoms with Gasteiger partial charge in [-0.05, 0) is 24.3 Å². The molecular formula is C40H20N4O8Ru. The summed E-state index contributed by atoms with van der Waals surface area (Å²) in [6, 6.07) is 26.7. The van der Waals surface area contributed by atoms with Crippen molar-refractivity contribution in [3.63, 3.8) is 0 Å². The molecule has 53 heavy (non-hydrogen) atoms. The number of para-hydroxylation sites is 4. The minimum Gasteiger partial charge on any atom is -0.545 e. The Hall–Kier alpha value is -6.98. The van der Waals surface area contributed by atoms with Crippen molar-refractivity contribution in [3.05, 3.63) is 144 Å². The fraction of sp³-hybridized carbons (Fsp3) is 0. The average Bonchev–Trinajstić information content (AvgIpc) is 3.15. The standard InChI is InChI=1S/2C20H12N2O4.Ru/c2*23-19(24)17-11-5-1-3-7-15(11)21-9-13(17)14-10-22-16-8-4-2-6-12(16)18(14)20(25)26;/h2*1-10H,(H,23,24)(H,25,26);/q;;+4/p-4. The molecule has 8 aromatic rings. The van der Waals surface area contributed by atoms with E-state index in [1.54, 1.807) is 97.1 Å². The molecule has 8 rings (SSSR count). The quantitative estimate of drug-likeness (QED) is 0.222. The SMILES string of the molecule is O=C([O-])c1c(-c2cnc3ccccc3c2C(=O)[O-])cnc2ccccc12.O=C([O-])c1c(-c2cnc3ccccc3c2C(=O)[O-])cnc2ccccc12.[Ru+4]. The molecule has 0 amide bonds. The monoisotopic (exact) mass is 786 g/mol. The second-order valence-corrected chi connectivity index (χ2v) is 11.4. The van der Waals surface area contributed by atoms with Crippen LogP contribution in [0.2, 0.25) is 0 Å². The van der Waals surface area contributed by atoms with Crippen molar-refractivity contribution in [1.29, 1.82) is 0 Å². The minimum atomic E-state index is -1.42. The predicted octanol–water partition coefficient (Wildman–Crippen LogP) is 2.35. The third kappa shape index (κ3) is 6.52. The van der Waals surface area contributed by atoms with Gasteiger partial charge in [0.25, 0.3) is 0 Å². The third-order valence-electron chi connectivity index (χ3n) is 8.50. The molecule has 4 aromatic carbocycles. The van der Waals surface area contributed by atoms with Gasteiger partial charge < -0.3 is 39.6 Å². The van der Waals surface area contributed by atoms with Crippen molar-refractivity contribution >= 4 is 67.5 Å². The Morgan fingerprint density at radius 1 is 0.340 bits per heavy atom. The minimum absolute atomic E-state index is 0. The molecule has 4 heterocycles. The van der Waals surface area contributed by atoms with E-state index in [9.17, 15) is 39.6 Å². The Labute approximate surface area is 311 Å². The molecule has 256 valence electrons. The average molecular weight is 786 g/mol. The van der Waals surface area contributed by atoms with Gasteiger partial charge in [-0.25, -0.2) is 0 Å². The molecule has 0 N–H and O–H groups in total. The van der Waals surface area contributed by atoms with Crippen LogP contribution in [0, 0.1) is 0 Å². The number of carboxylic acids is 4. The molecular weight excluding hydrogens is 766 g/mol. The Bertz CT molecular complexity index is 2410.